The number of nitrogens with one attached hydrogen (secondary N) is 1. The van der Waals surface area contributed by atoms with Crippen molar-refractivity contribution in [2.24, 2.45) is 17.4 Å². The Morgan fingerprint density at radius 1 is 1.11 bits per heavy atom. The zero-order valence-electron chi connectivity index (χ0n) is 20.8. The van der Waals surface area contributed by atoms with Gasteiger partial charge in [-0.3, -0.25) is 14.4 Å². The Morgan fingerprint density at radius 3 is 2.39 bits per heavy atom. The van der Waals surface area contributed by atoms with Crippen molar-refractivity contribution < 1.29 is 14.4 Å². The number of hydrogen-bond acceptors (Lipinski definition) is 7. The minimum absolute atomic E-state index is 0.324. The highest BCUT2D eigenvalue weighted by atomic mass is 35.5. The molecule has 1 aliphatic carbocycles. The standard InChI is InChI=1S/C9H17NO.C8H11N3OS.C7H5ClN2OS/c1-10(2)9(11)8-6-4-3-5-7-8;1-11-3-2-5-6(4-11)13-8(10-5)7(9)12;8-5-2-3-1-4(6(9)11)10-7(3)12-5/h8H,3-7H2,1-2H3;2-4H2,1H3,(H2,9,12);1-2,10H,(H2,9,11). The molecule has 5 N–H and O–H groups in total. The summed E-state index contributed by atoms with van der Waals surface area (Å²) in [6, 6.07) is 3.49. The number of aromatic nitrogens is 2. The lowest BCUT2D eigenvalue weighted by Crippen LogP contribution is -2.30. The molecule has 3 aromatic rings. The van der Waals surface area contributed by atoms with Gasteiger partial charge in [0.25, 0.3) is 11.8 Å². The van der Waals surface area contributed by atoms with Crippen LogP contribution in [0, 0.1) is 5.92 Å². The van der Waals surface area contributed by atoms with Crippen LogP contribution in [-0.2, 0) is 17.8 Å². The first-order valence-electron chi connectivity index (χ1n) is 11.8. The van der Waals surface area contributed by atoms with E-state index in [-0.39, 0.29) is 0 Å². The number of nitrogens with zero attached hydrogens (tertiary/aromatic N) is 3. The van der Waals surface area contributed by atoms with E-state index in [4.69, 9.17) is 23.1 Å². The van der Waals surface area contributed by atoms with Crippen LogP contribution in [0.3, 0.4) is 0 Å². The molecule has 0 bridgehead atoms. The van der Waals surface area contributed by atoms with Crippen molar-refractivity contribution in [2.45, 2.75) is 45.1 Å². The summed E-state index contributed by atoms with van der Waals surface area (Å²) in [7, 11) is 5.75. The number of nitrogens with two attached hydrogens (primary N) is 2. The van der Waals surface area contributed by atoms with Gasteiger partial charge in [0.2, 0.25) is 5.91 Å². The van der Waals surface area contributed by atoms with Gasteiger partial charge in [-0.2, -0.15) is 0 Å². The Balaban J connectivity index is 0.000000151. The fourth-order valence-electron chi connectivity index (χ4n) is 4.17. The van der Waals surface area contributed by atoms with E-state index in [2.05, 4.69) is 21.9 Å². The van der Waals surface area contributed by atoms with Crippen LogP contribution in [-0.4, -0.2) is 65.2 Å². The second-order valence-corrected chi connectivity index (χ2v) is 12.0. The quantitative estimate of drug-likeness (QED) is 0.453. The number of thiazole rings is 1. The third kappa shape index (κ3) is 7.52. The first kappa shape index (κ1) is 28.1. The maximum absolute atomic E-state index is 11.4. The van der Waals surface area contributed by atoms with Crippen LogP contribution in [0.1, 0.15) is 63.0 Å². The number of amides is 3. The number of carbonyl (C=O) groups excluding carboxylic acids is 3. The number of H-pyrrole nitrogens is 1. The van der Waals surface area contributed by atoms with Crippen LogP contribution in [0.2, 0.25) is 4.34 Å². The van der Waals surface area contributed by atoms with Gasteiger partial charge in [0.15, 0.2) is 5.01 Å². The van der Waals surface area contributed by atoms with Gasteiger partial charge in [-0.15, -0.1) is 22.7 Å². The predicted molar refractivity (Wildman–Crippen MR) is 146 cm³/mol. The van der Waals surface area contributed by atoms with E-state index in [1.165, 1.54) is 46.8 Å². The van der Waals surface area contributed by atoms with Gasteiger partial charge in [-0.1, -0.05) is 30.9 Å². The molecule has 36 heavy (non-hydrogen) atoms. The highest BCUT2D eigenvalue weighted by Crippen LogP contribution is 2.29. The molecule has 3 aromatic heterocycles. The molecule has 2 aliphatic rings. The molecule has 0 aromatic carbocycles. The van der Waals surface area contributed by atoms with E-state index in [0.717, 1.165) is 48.3 Å². The summed E-state index contributed by atoms with van der Waals surface area (Å²) in [5.41, 5.74) is 11.7. The second-order valence-electron chi connectivity index (χ2n) is 9.19. The number of rotatable bonds is 3. The second kappa shape index (κ2) is 12.7. The van der Waals surface area contributed by atoms with Gasteiger partial charge in [-0.25, -0.2) is 4.98 Å². The summed E-state index contributed by atoms with van der Waals surface area (Å²) < 4.78 is 0.701. The monoisotopic (exact) mass is 552 g/mol. The van der Waals surface area contributed by atoms with E-state index >= 15 is 0 Å². The molecule has 1 fully saturated rings. The molecule has 1 aliphatic heterocycles. The molecular formula is C24H33ClN6O3S2. The number of fused-ring (bicyclic) bond motifs is 2. The molecule has 3 amide bonds. The van der Waals surface area contributed by atoms with Crippen LogP contribution in [0.25, 0.3) is 10.2 Å². The summed E-state index contributed by atoms with van der Waals surface area (Å²) in [5, 5.41) is 1.37. The van der Waals surface area contributed by atoms with Crippen molar-refractivity contribution in [1.29, 1.82) is 0 Å². The number of hydrogen-bond donors (Lipinski definition) is 3. The highest BCUT2D eigenvalue weighted by Gasteiger charge is 2.22. The molecule has 5 rings (SSSR count). The largest absolute Gasteiger partial charge is 0.364 e. The van der Waals surface area contributed by atoms with Crippen LogP contribution in [0.15, 0.2) is 12.1 Å². The summed E-state index contributed by atoms with van der Waals surface area (Å²) in [5.74, 6) is -0.208. The first-order valence-corrected chi connectivity index (χ1v) is 13.8. The van der Waals surface area contributed by atoms with Crippen molar-refractivity contribution in [1.82, 2.24) is 19.8 Å². The third-order valence-electron chi connectivity index (χ3n) is 6.07. The molecule has 0 radical (unpaired) electrons. The Labute approximate surface area is 223 Å². The highest BCUT2D eigenvalue weighted by molar-refractivity contribution is 7.22. The van der Waals surface area contributed by atoms with Crippen molar-refractivity contribution >= 4 is 62.2 Å². The molecule has 0 saturated heterocycles. The maximum Gasteiger partial charge on any atom is 0.277 e. The normalized spacial score (nSPS) is 15.8. The number of thiophene rings is 1. The third-order valence-corrected chi connectivity index (χ3v) is 8.36. The fraction of sp³-hybridized carbons (Fsp3) is 0.500. The number of aromatic amines is 1. The minimum Gasteiger partial charge on any atom is -0.364 e. The lowest BCUT2D eigenvalue weighted by Gasteiger charge is -2.23. The van der Waals surface area contributed by atoms with Crippen LogP contribution >= 0.6 is 34.3 Å². The topological polar surface area (TPSA) is 138 Å². The molecule has 1 saturated carbocycles. The average molecular weight is 553 g/mol. The van der Waals surface area contributed by atoms with Crippen LogP contribution in [0.5, 0.6) is 0 Å². The van der Waals surface area contributed by atoms with E-state index in [9.17, 15) is 14.4 Å². The molecule has 4 heterocycles. The van der Waals surface area contributed by atoms with Gasteiger partial charge >= 0.3 is 0 Å². The smallest absolute Gasteiger partial charge is 0.277 e. The maximum atomic E-state index is 11.4. The summed E-state index contributed by atoms with van der Waals surface area (Å²) in [6.45, 7) is 1.90. The van der Waals surface area contributed by atoms with Crippen molar-refractivity contribution in [3.8, 4) is 0 Å². The van der Waals surface area contributed by atoms with Crippen LogP contribution in [0.4, 0.5) is 0 Å². The summed E-state index contributed by atoms with van der Waals surface area (Å²) >= 11 is 8.55. The molecule has 12 heteroatoms. The van der Waals surface area contributed by atoms with E-state index in [1.54, 1.807) is 17.0 Å². The number of halogens is 1. The van der Waals surface area contributed by atoms with E-state index in [1.807, 2.05) is 14.1 Å². The minimum atomic E-state index is -0.450. The van der Waals surface area contributed by atoms with Crippen molar-refractivity contribution in [3.05, 3.63) is 37.7 Å². The van der Waals surface area contributed by atoms with Crippen molar-refractivity contribution in [3.63, 3.8) is 0 Å². The van der Waals surface area contributed by atoms with Crippen molar-refractivity contribution in [2.75, 3.05) is 27.7 Å². The average Bonchev–Trinajstić information content (AvgIpc) is 3.52. The Bertz CT molecular complexity index is 1180. The van der Waals surface area contributed by atoms with Gasteiger partial charge in [0.05, 0.1) is 10.0 Å². The predicted octanol–water partition coefficient (Wildman–Crippen LogP) is 3.87. The molecule has 0 spiro atoms. The van der Waals surface area contributed by atoms with E-state index < -0.39 is 11.8 Å². The molecular weight excluding hydrogens is 520 g/mol. The number of primary amides is 2. The number of carbonyl (C=O) groups is 3. The zero-order chi connectivity index (χ0) is 26.4. The molecule has 9 nitrogen and oxygen atoms in total. The van der Waals surface area contributed by atoms with E-state index in [0.29, 0.717) is 26.9 Å². The fourth-order valence-corrected chi connectivity index (χ4v) is 6.34. The molecule has 0 unspecified atom stereocenters. The molecule has 196 valence electrons. The Morgan fingerprint density at radius 2 is 1.81 bits per heavy atom. The van der Waals surface area contributed by atoms with Gasteiger partial charge in [-0.05, 0) is 32.0 Å². The Hall–Kier alpha value is -2.47. The Kier molecular flexibility index (Phi) is 9.89. The van der Waals surface area contributed by atoms with Gasteiger partial charge in [0, 0.05) is 49.8 Å². The lowest BCUT2D eigenvalue weighted by atomic mass is 9.88. The van der Waals surface area contributed by atoms with Crippen LogP contribution < -0.4 is 11.5 Å². The van der Waals surface area contributed by atoms with Gasteiger partial charge in [0.1, 0.15) is 10.5 Å². The number of likely N-dealkylation sites (N-methyl/N-ethyl adjacent to an activating group) is 1. The summed E-state index contributed by atoms with van der Waals surface area (Å²) in [6.07, 6.45) is 6.94. The lowest BCUT2D eigenvalue weighted by molar-refractivity contribution is -0.133. The SMILES string of the molecule is CN(C)C(=O)C1CCCCC1.CN1CCc2nc(C(N)=O)sc2C1.NC(=O)c1cc2cc(Cl)sc2[nH]1. The first-order chi connectivity index (χ1) is 17.0. The van der Waals surface area contributed by atoms with Gasteiger partial charge < -0.3 is 26.3 Å². The zero-order valence-corrected chi connectivity index (χ0v) is 23.2. The molecule has 0 atom stereocenters. The summed E-state index contributed by atoms with van der Waals surface area (Å²) in [4.78, 5) is 46.1.